The highest BCUT2D eigenvalue weighted by atomic mass is 32.2. The summed E-state index contributed by atoms with van der Waals surface area (Å²) in [6, 6.07) is 4.51. The van der Waals surface area contributed by atoms with Crippen LogP contribution >= 0.6 is 11.8 Å². The van der Waals surface area contributed by atoms with Gasteiger partial charge in [0.2, 0.25) is 5.91 Å². The SMILES string of the molecule is CC(C)SC(=O)C[C@@H]1[C@H]([C@@H](C)O[Si](C)(C)C(C)(C)C)C(=O)N1C(=O)C(=O)OCc1ccc([N+](=O)[O-])cc1. The second kappa shape index (κ2) is 11.9. The lowest BCUT2D eigenvalue weighted by Crippen LogP contribution is -2.68. The smallest absolute Gasteiger partial charge is 0.397 e. The highest BCUT2D eigenvalue weighted by Gasteiger charge is 2.56. The molecule has 1 aromatic carbocycles. The summed E-state index contributed by atoms with van der Waals surface area (Å²) in [5, 5.41) is 10.5. The number of carbonyl (C=O) groups excluding carboxylic acids is 4. The minimum atomic E-state index is -2.25. The number of likely N-dealkylation sites (tertiary alicyclic amines) is 1. The van der Waals surface area contributed by atoms with Gasteiger partial charge in [0.05, 0.1) is 23.0 Å². The monoisotopic (exact) mass is 552 g/mol. The zero-order valence-electron chi connectivity index (χ0n) is 22.6. The zero-order chi connectivity index (χ0) is 28.3. The first-order valence-corrected chi connectivity index (χ1v) is 15.9. The number of rotatable bonds is 9. The first kappa shape index (κ1) is 30.6. The number of carbonyl (C=O) groups is 4. The van der Waals surface area contributed by atoms with Crippen molar-refractivity contribution in [1.82, 2.24) is 4.90 Å². The standard InChI is InChI=1S/C25H36N2O8SSi/c1-15(2)36-20(28)13-19-21(16(3)35-37(7,8)25(4,5)6)22(29)26(19)23(30)24(31)34-14-17-9-11-18(12-10-17)27(32)33/h9-12,15-16,19,21H,13-14H2,1-8H3/t16-,19-,21+/m1/s1. The lowest BCUT2D eigenvalue weighted by molar-refractivity contribution is -0.384. The molecule has 0 spiro atoms. The molecule has 0 N–H and O–H groups in total. The van der Waals surface area contributed by atoms with Gasteiger partial charge >= 0.3 is 11.9 Å². The van der Waals surface area contributed by atoms with Gasteiger partial charge < -0.3 is 9.16 Å². The van der Waals surface area contributed by atoms with E-state index >= 15 is 0 Å². The van der Waals surface area contributed by atoms with Gasteiger partial charge in [0.15, 0.2) is 13.4 Å². The fourth-order valence-corrected chi connectivity index (χ4v) is 5.99. The molecule has 0 aromatic heterocycles. The average molecular weight is 553 g/mol. The van der Waals surface area contributed by atoms with Crippen molar-refractivity contribution in [1.29, 1.82) is 0 Å². The molecule has 0 saturated carbocycles. The maximum atomic E-state index is 13.1. The highest BCUT2D eigenvalue weighted by molar-refractivity contribution is 8.14. The molecule has 1 saturated heterocycles. The van der Waals surface area contributed by atoms with Crippen LogP contribution in [0.4, 0.5) is 5.69 Å². The van der Waals surface area contributed by atoms with Crippen LogP contribution in [0.2, 0.25) is 18.1 Å². The topological polar surface area (TPSA) is 133 Å². The highest BCUT2D eigenvalue weighted by Crippen LogP contribution is 2.41. The van der Waals surface area contributed by atoms with Crippen LogP contribution in [-0.4, -0.2) is 58.4 Å². The Hall–Kier alpha value is -2.57. The third kappa shape index (κ3) is 7.48. The van der Waals surface area contributed by atoms with Crippen molar-refractivity contribution in [3.63, 3.8) is 0 Å². The van der Waals surface area contributed by atoms with Gasteiger partial charge in [0, 0.05) is 23.8 Å². The molecule has 1 heterocycles. The van der Waals surface area contributed by atoms with Gasteiger partial charge in [0.25, 0.3) is 5.69 Å². The zero-order valence-corrected chi connectivity index (χ0v) is 24.4. The van der Waals surface area contributed by atoms with Crippen LogP contribution in [-0.2, 0) is 34.9 Å². The molecule has 204 valence electrons. The fraction of sp³-hybridized carbons (Fsp3) is 0.600. The maximum Gasteiger partial charge on any atom is 0.397 e. The number of ether oxygens (including phenoxy) is 1. The number of thioether (sulfide) groups is 1. The van der Waals surface area contributed by atoms with Gasteiger partial charge in [-0.05, 0) is 42.8 Å². The number of nitro benzene ring substituents is 1. The van der Waals surface area contributed by atoms with Crippen LogP contribution in [0.3, 0.4) is 0 Å². The van der Waals surface area contributed by atoms with E-state index in [2.05, 4.69) is 33.9 Å². The summed E-state index contributed by atoms with van der Waals surface area (Å²) in [6.45, 7) is 15.5. The Bertz CT molecular complexity index is 1050. The molecule has 0 bridgehead atoms. The van der Waals surface area contributed by atoms with Crippen LogP contribution in [0.15, 0.2) is 24.3 Å². The fourth-order valence-electron chi connectivity index (χ4n) is 3.77. The summed E-state index contributed by atoms with van der Waals surface area (Å²) in [6.07, 6.45) is -0.637. The Kier molecular flexibility index (Phi) is 9.83. The Morgan fingerprint density at radius 1 is 1.14 bits per heavy atom. The maximum absolute atomic E-state index is 13.1. The van der Waals surface area contributed by atoms with E-state index in [0.29, 0.717) is 5.56 Å². The van der Waals surface area contributed by atoms with Gasteiger partial charge in [-0.15, -0.1) is 0 Å². The Labute approximate surface area is 222 Å². The lowest BCUT2D eigenvalue weighted by Gasteiger charge is -2.49. The van der Waals surface area contributed by atoms with Gasteiger partial charge in [0.1, 0.15) is 6.61 Å². The van der Waals surface area contributed by atoms with Gasteiger partial charge in [-0.1, -0.05) is 46.4 Å². The molecule has 2 rings (SSSR count). The summed E-state index contributed by atoms with van der Waals surface area (Å²) < 4.78 is 11.5. The van der Waals surface area contributed by atoms with Crippen molar-refractivity contribution in [2.75, 3.05) is 0 Å². The van der Waals surface area contributed by atoms with Crippen LogP contribution in [0.5, 0.6) is 0 Å². The Balaban J connectivity index is 2.16. The van der Waals surface area contributed by atoms with E-state index in [1.54, 1.807) is 6.92 Å². The van der Waals surface area contributed by atoms with Crippen LogP contribution in [0.25, 0.3) is 0 Å². The number of imide groups is 1. The normalized spacial score (nSPS) is 18.8. The van der Waals surface area contributed by atoms with E-state index in [0.717, 1.165) is 16.7 Å². The molecule has 0 radical (unpaired) electrons. The van der Waals surface area contributed by atoms with Crippen molar-refractivity contribution in [2.45, 2.75) is 90.1 Å². The van der Waals surface area contributed by atoms with E-state index in [1.807, 2.05) is 13.8 Å². The Morgan fingerprint density at radius 3 is 2.19 bits per heavy atom. The van der Waals surface area contributed by atoms with E-state index in [-0.39, 0.29) is 34.1 Å². The van der Waals surface area contributed by atoms with Crippen molar-refractivity contribution in [2.24, 2.45) is 5.92 Å². The molecule has 37 heavy (non-hydrogen) atoms. The van der Waals surface area contributed by atoms with E-state index < -0.39 is 49.1 Å². The molecule has 2 amide bonds. The molecule has 1 fully saturated rings. The number of hydrogen-bond donors (Lipinski definition) is 0. The molecular formula is C25H36N2O8SSi. The van der Waals surface area contributed by atoms with E-state index in [4.69, 9.17) is 9.16 Å². The summed E-state index contributed by atoms with van der Waals surface area (Å²) in [5.74, 6) is -3.69. The molecule has 3 atom stereocenters. The number of nitrogens with zero attached hydrogens (tertiary/aromatic N) is 2. The number of amides is 2. The number of esters is 1. The minimum absolute atomic E-state index is 0.0263. The summed E-state index contributed by atoms with van der Waals surface area (Å²) in [7, 11) is -2.25. The van der Waals surface area contributed by atoms with Crippen molar-refractivity contribution in [3.8, 4) is 0 Å². The minimum Gasteiger partial charge on any atom is -0.454 e. The molecule has 12 heteroatoms. The number of hydrogen-bond acceptors (Lipinski definition) is 9. The lowest BCUT2D eigenvalue weighted by atomic mass is 9.81. The van der Waals surface area contributed by atoms with Crippen LogP contribution < -0.4 is 0 Å². The third-order valence-electron chi connectivity index (χ3n) is 6.71. The number of β-lactam (4-membered cyclic amide) rings is 1. The van der Waals surface area contributed by atoms with Gasteiger partial charge in [-0.3, -0.25) is 29.4 Å². The Morgan fingerprint density at radius 2 is 1.70 bits per heavy atom. The molecule has 1 aliphatic heterocycles. The van der Waals surface area contributed by atoms with Crippen molar-refractivity contribution < 1.29 is 33.3 Å². The predicted molar refractivity (Wildman–Crippen MR) is 142 cm³/mol. The number of nitro groups is 1. The molecule has 10 nitrogen and oxygen atoms in total. The third-order valence-corrected chi connectivity index (χ3v) is 12.2. The molecule has 0 unspecified atom stereocenters. The largest absolute Gasteiger partial charge is 0.454 e. The van der Waals surface area contributed by atoms with Crippen LogP contribution in [0, 0.1) is 16.0 Å². The average Bonchev–Trinajstić information content (AvgIpc) is 2.75. The predicted octanol–water partition coefficient (Wildman–Crippen LogP) is 4.46. The van der Waals surface area contributed by atoms with Gasteiger partial charge in [-0.25, -0.2) is 4.79 Å². The summed E-state index contributed by atoms with van der Waals surface area (Å²) in [5.41, 5.74) is 0.320. The molecule has 1 aliphatic rings. The summed E-state index contributed by atoms with van der Waals surface area (Å²) >= 11 is 1.11. The second-order valence-corrected chi connectivity index (χ2v) is 17.3. The van der Waals surface area contributed by atoms with Crippen molar-refractivity contribution in [3.05, 3.63) is 39.9 Å². The number of benzene rings is 1. The second-order valence-electron chi connectivity index (χ2n) is 10.9. The van der Waals surface area contributed by atoms with Gasteiger partial charge in [-0.2, -0.15) is 0 Å². The van der Waals surface area contributed by atoms with Crippen molar-refractivity contribution >= 4 is 48.7 Å². The van der Waals surface area contributed by atoms with Crippen LogP contribution in [0.1, 0.15) is 53.5 Å². The summed E-state index contributed by atoms with van der Waals surface area (Å²) in [4.78, 5) is 62.2. The molecular weight excluding hydrogens is 516 g/mol. The quantitative estimate of drug-likeness (QED) is 0.109. The first-order valence-electron chi connectivity index (χ1n) is 12.1. The molecule has 1 aromatic rings. The molecule has 0 aliphatic carbocycles. The van der Waals surface area contributed by atoms with E-state index in [9.17, 15) is 29.3 Å². The van der Waals surface area contributed by atoms with E-state index in [1.165, 1.54) is 24.3 Å². The first-order chi connectivity index (χ1) is 17.0. The number of non-ortho nitro benzene ring substituents is 1.